The predicted octanol–water partition coefficient (Wildman–Crippen LogP) is 4.92. The molecule has 0 heterocycles. The Kier molecular flexibility index (Phi) is 10.2. The summed E-state index contributed by atoms with van der Waals surface area (Å²) < 4.78 is 11.2. The molecule has 0 aliphatic carbocycles. The number of ether oxygens (including phenoxy) is 2. The summed E-state index contributed by atoms with van der Waals surface area (Å²) in [4.78, 5) is 28.0. The first-order valence-corrected chi connectivity index (χ1v) is 11.7. The Balaban J connectivity index is 2.25. The number of methoxy groups -OCH3 is 1. The van der Waals surface area contributed by atoms with E-state index in [1.54, 1.807) is 12.0 Å². The minimum Gasteiger partial charge on any atom is -0.497 e. The number of carbonyl (C=O) groups excluding carboxylic acids is 2. The Morgan fingerprint density at radius 2 is 1.64 bits per heavy atom. The van der Waals surface area contributed by atoms with Gasteiger partial charge in [0.2, 0.25) is 5.91 Å². The fourth-order valence-electron chi connectivity index (χ4n) is 3.60. The minimum absolute atomic E-state index is 0.0404. The van der Waals surface area contributed by atoms with Crippen LogP contribution in [0.25, 0.3) is 0 Å². The Morgan fingerprint density at radius 1 is 0.970 bits per heavy atom. The third-order valence-electron chi connectivity index (χ3n) is 5.79. The molecule has 2 aromatic carbocycles. The highest BCUT2D eigenvalue weighted by atomic mass is 16.5. The van der Waals surface area contributed by atoms with Crippen molar-refractivity contribution in [1.82, 2.24) is 10.2 Å². The summed E-state index contributed by atoms with van der Waals surface area (Å²) in [5, 5.41) is 3.02. The maximum atomic E-state index is 13.4. The van der Waals surface area contributed by atoms with Crippen molar-refractivity contribution in [3.05, 3.63) is 59.7 Å². The lowest BCUT2D eigenvalue weighted by molar-refractivity contribution is -0.143. The summed E-state index contributed by atoms with van der Waals surface area (Å²) in [6, 6.07) is 14.7. The molecule has 2 amide bonds. The molecule has 2 atom stereocenters. The van der Waals surface area contributed by atoms with Crippen molar-refractivity contribution in [2.45, 2.75) is 72.0 Å². The lowest BCUT2D eigenvalue weighted by atomic mass is 10.0. The zero-order valence-corrected chi connectivity index (χ0v) is 20.8. The molecule has 0 saturated heterocycles. The number of benzene rings is 2. The second-order valence-electron chi connectivity index (χ2n) is 8.59. The van der Waals surface area contributed by atoms with Crippen LogP contribution in [0.15, 0.2) is 48.5 Å². The van der Waals surface area contributed by atoms with Gasteiger partial charge in [-0.3, -0.25) is 9.59 Å². The molecule has 0 spiro atoms. The molecule has 2 rings (SSSR count). The molecular formula is C27H38N2O4. The summed E-state index contributed by atoms with van der Waals surface area (Å²) in [5.74, 6) is 1.34. The smallest absolute Gasteiger partial charge is 0.261 e. The van der Waals surface area contributed by atoms with Crippen molar-refractivity contribution in [3.8, 4) is 11.5 Å². The highest BCUT2D eigenvalue weighted by Crippen LogP contribution is 2.26. The number of nitrogens with one attached hydrogen (secondary N) is 1. The summed E-state index contributed by atoms with van der Waals surface area (Å²) in [6.45, 7) is 10.3. The van der Waals surface area contributed by atoms with E-state index in [1.165, 1.54) is 0 Å². The van der Waals surface area contributed by atoms with Crippen LogP contribution in [-0.4, -0.2) is 42.5 Å². The molecule has 0 aromatic heterocycles. The van der Waals surface area contributed by atoms with Crippen LogP contribution in [0.1, 0.15) is 64.5 Å². The molecular weight excluding hydrogens is 416 g/mol. The van der Waals surface area contributed by atoms with Crippen LogP contribution in [0, 0.1) is 0 Å². The Hall–Kier alpha value is -3.02. The van der Waals surface area contributed by atoms with Crippen molar-refractivity contribution < 1.29 is 19.1 Å². The molecule has 6 heteroatoms. The van der Waals surface area contributed by atoms with E-state index in [-0.39, 0.29) is 30.4 Å². The molecule has 6 nitrogen and oxygen atoms in total. The summed E-state index contributed by atoms with van der Waals surface area (Å²) in [6.07, 6.45) is 1.33. The molecule has 0 radical (unpaired) electrons. The summed E-state index contributed by atoms with van der Waals surface area (Å²) in [7, 11) is 1.61. The number of nitrogens with zero attached hydrogens (tertiary/aromatic N) is 1. The average molecular weight is 455 g/mol. The van der Waals surface area contributed by atoms with Crippen LogP contribution in [0.3, 0.4) is 0 Å². The van der Waals surface area contributed by atoms with E-state index in [0.717, 1.165) is 23.3 Å². The van der Waals surface area contributed by atoms with Gasteiger partial charge in [0.05, 0.1) is 7.11 Å². The Labute approximate surface area is 198 Å². The van der Waals surface area contributed by atoms with E-state index in [4.69, 9.17) is 9.47 Å². The van der Waals surface area contributed by atoms with Gasteiger partial charge in [-0.1, -0.05) is 58.0 Å². The molecule has 2 aromatic rings. The lowest BCUT2D eigenvalue weighted by Crippen LogP contribution is -2.51. The SMILES string of the molecule is CC[C@H](C)NC(=O)[C@H](CC)N(Cc1ccc(OC)cc1)C(=O)COc1ccccc1C(C)C. The van der Waals surface area contributed by atoms with Crippen LogP contribution in [0.2, 0.25) is 0 Å². The highest BCUT2D eigenvalue weighted by Gasteiger charge is 2.29. The zero-order chi connectivity index (χ0) is 24.4. The molecule has 0 aliphatic heterocycles. The monoisotopic (exact) mass is 454 g/mol. The average Bonchev–Trinajstić information content (AvgIpc) is 2.82. The number of rotatable bonds is 12. The van der Waals surface area contributed by atoms with Crippen LogP contribution < -0.4 is 14.8 Å². The van der Waals surface area contributed by atoms with Gasteiger partial charge in [0.1, 0.15) is 17.5 Å². The number of hydrogen-bond acceptors (Lipinski definition) is 4. The maximum absolute atomic E-state index is 13.4. The molecule has 0 fully saturated rings. The lowest BCUT2D eigenvalue weighted by Gasteiger charge is -2.31. The fraction of sp³-hybridized carbons (Fsp3) is 0.481. The van der Waals surface area contributed by atoms with Crippen molar-refractivity contribution in [3.63, 3.8) is 0 Å². The predicted molar refractivity (Wildman–Crippen MR) is 132 cm³/mol. The Morgan fingerprint density at radius 3 is 2.21 bits per heavy atom. The van der Waals surface area contributed by atoms with Gasteiger partial charge in [-0.05, 0) is 55.0 Å². The van der Waals surface area contributed by atoms with Gasteiger partial charge < -0.3 is 19.7 Å². The molecule has 33 heavy (non-hydrogen) atoms. The number of amides is 2. The molecule has 0 saturated carbocycles. The zero-order valence-electron chi connectivity index (χ0n) is 20.8. The topological polar surface area (TPSA) is 67.9 Å². The van der Waals surface area contributed by atoms with Crippen molar-refractivity contribution in [1.29, 1.82) is 0 Å². The molecule has 1 N–H and O–H groups in total. The third kappa shape index (κ3) is 7.52. The second kappa shape index (κ2) is 12.9. The van der Waals surface area contributed by atoms with Crippen LogP contribution in [-0.2, 0) is 16.1 Å². The maximum Gasteiger partial charge on any atom is 0.261 e. The first-order chi connectivity index (χ1) is 15.8. The first-order valence-electron chi connectivity index (χ1n) is 11.7. The highest BCUT2D eigenvalue weighted by molar-refractivity contribution is 5.88. The summed E-state index contributed by atoms with van der Waals surface area (Å²) in [5.41, 5.74) is 1.97. The van der Waals surface area contributed by atoms with E-state index >= 15 is 0 Å². The second-order valence-corrected chi connectivity index (χ2v) is 8.59. The quantitative estimate of drug-likeness (QED) is 0.494. The van der Waals surface area contributed by atoms with Crippen molar-refractivity contribution in [2.24, 2.45) is 0 Å². The Bertz CT molecular complexity index is 895. The molecule has 0 bridgehead atoms. The van der Waals surface area contributed by atoms with Crippen LogP contribution >= 0.6 is 0 Å². The molecule has 0 unspecified atom stereocenters. The van der Waals surface area contributed by atoms with Crippen LogP contribution in [0.5, 0.6) is 11.5 Å². The fourth-order valence-corrected chi connectivity index (χ4v) is 3.60. The van der Waals surface area contributed by atoms with Gasteiger partial charge in [0, 0.05) is 12.6 Å². The van der Waals surface area contributed by atoms with Gasteiger partial charge in [-0.2, -0.15) is 0 Å². The summed E-state index contributed by atoms with van der Waals surface area (Å²) >= 11 is 0. The number of hydrogen-bond donors (Lipinski definition) is 1. The van der Waals surface area contributed by atoms with Gasteiger partial charge in [0.25, 0.3) is 5.91 Å². The van der Waals surface area contributed by atoms with Crippen molar-refractivity contribution >= 4 is 11.8 Å². The molecule has 180 valence electrons. The number of para-hydroxylation sites is 1. The van der Waals surface area contributed by atoms with Gasteiger partial charge in [-0.15, -0.1) is 0 Å². The first kappa shape index (κ1) is 26.2. The normalized spacial score (nSPS) is 12.7. The van der Waals surface area contributed by atoms with Gasteiger partial charge >= 0.3 is 0 Å². The van der Waals surface area contributed by atoms with E-state index in [9.17, 15) is 9.59 Å². The third-order valence-corrected chi connectivity index (χ3v) is 5.79. The standard InChI is InChI=1S/C27H38N2O4/c1-7-20(5)28-27(31)24(8-2)29(17-21-13-15-22(32-6)16-14-21)26(30)18-33-25-12-10-9-11-23(25)19(3)4/h9-16,19-20,24H,7-8,17-18H2,1-6H3,(H,28,31)/t20-,24-/m0/s1. The minimum atomic E-state index is -0.586. The van der Waals surface area contributed by atoms with Crippen LogP contribution in [0.4, 0.5) is 0 Å². The number of carbonyl (C=O) groups is 2. The van der Waals surface area contributed by atoms with Gasteiger partial charge in [-0.25, -0.2) is 0 Å². The van der Waals surface area contributed by atoms with Gasteiger partial charge in [0.15, 0.2) is 6.61 Å². The van der Waals surface area contributed by atoms with E-state index in [2.05, 4.69) is 19.2 Å². The molecule has 0 aliphatic rings. The largest absolute Gasteiger partial charge is 0.497 e. The van der Waals surface area contributed by atoms with E-state index in [1.807, 2.05) is 69.3 Å². The van der Waals surface area contributed by atoms with E-state index < -0.39 is 6.04 Å². The van der Waals surface area contributed by atoms with Crippen molar-refractivity contribution in [2.75, 3.05) is 13.7 Å². The van der Waals surface area contributed by atoms with E-state index in [0.29, 0.717) is 18.7 Å².